The summed E-state index contributed by atoms with van der Waals surface area (Å²) in [6.45, 7) is 2.43. The number of nitrogens with zero attached hydrogens (tertiary/aromatic N) is 1. The Kier molecular flexibility index (Phi) is 4.43. The molecule has 0 aliphatic rings. The van der Waals surface area contributed by atoms with Crippen molar-refractivity contribution in [3.05, 3.63) is 48.0 Å². The monoisotopic (exact) mass is 328 g/mol. The average Bonchev–Trinajstić information content (AvgIpc) is 2.97. The summed E-state index contributed by atoms with van der Waals surface area (Å²) in [5, 5.41) is 3.40. The van der Waals surface area contributed by atoms with Crippen molar-refractivity contribution in [1.82, 2.24) is 4.98 Å². The lowest BCUT2D eigenvalue weighted by Gasteiger charge is -2.10. The van der Waals surface area contributed by atoms with Gasteiger partial charge in [-0.15, -0.1) is 0 Å². The van der Waals surface area contributed by atoms with Gasteiger partial charge in [-0.2, -0.15) is 0 Å². The van der Waals surface area contributed by atoms with Gasteiger partial charge in [0.2, 0.25) is 0 Å². The van der Waals surface area contributed by atoms with Gasteiger partial charge < -0.3 is 9.47 Å². The highest BCUT2D eigenvalue weighted by atomic mass is 32.1. The van der Waals surface area contributed by atoms with Gasteiger partial charge in [0.1, 0.15) is 0 Å². The Hall–Kier alpha value is -2.60. The van der Waals surface area contributed by atoms with Gasteiger partial charge in [-0.25, -0.2) is 4.98 Å². The third kappa shape index (κ3) is 3.27. The van der Waals surface area contributed by atoms with Crippen LogP contribution in [-0.4, -0.2) is 24.6 Å². The Morgan fingerprint density at radius 3 is 2.78 bits per heavy atom. The van der Waals surface area contributed by atoms with Gasteiger partial charge >= 0.3 is 0 Å². The Morgan fingerprint density at radius 2 is 2.04 bits per heavy atom. The molecule has 0 aliphatic carbocycles. The van der Waals surface area contributed by atoms with Crippen LogP contribution in [0, 0.1) is 0 Å². The highest BCUT2D eigenvalue weighted by Gasteiger charge is 2.13. The zero-order chi connectivity index (χ0) is 16.2. The summed E-state index contributed by atoms with van der Waals surface area (Å²) >= 11 is 1.44. The molecule has 0 atom stereocenters. The van der Waals surface area contributed by atoms with Crippen LogP contribution in [0.2, 0.25) is 0 Å². The zero-order valence-electron chi connectivity index (χ0n) is 12.8. The van der Waals surface area contributed by atoms with E-state index in [9.17, 15) is 4.79 Å². The fourth-order valence-corrected chi connectivity index (χ4v) is 3.04. The van der Waals surface area contributed by atoms with E-state index in [1.54, 1.807) is 25.3 Å². The van der Waals surface area contributed by atoms with Crippen LogP contribution < -0.4 is 14.8 Å². The highest BCUT2D eigenvalue weighted by molar-refractivity contribution is 7.22. The standard InChI is InChI=1S/C17H16N2O3S/c1-3-22-13-9-8-11(10-14(13)21-2)16(20)19-17-18-12-6-4-5-7-15(12)23-17/h4-10H,3H2,1-2H3,(H,18,19,20). The van der Waals surface area contributed by atoms with Crippen molar-refractivity contribution in [2.45, 2.75) is 6.92 Å². The van der Waals surface area contributed by atoms with Crippen LogP contribution in [0.1, 0.15) is 17.3 Å². The number of benzene rings is 2. The van der Waals surface area contributed by atoms with Gasteiger partial charge in [0.15, 0.2) is 16.6 Å². The summed E-state index contributed by atoms with van der Waals surface area (Å²) in [7, 11) is 1.55. The Labute approximate surface area is 137 Å². The predicted octanol–water partition coefficient (Wildman–Crippen LogP) is 3.96. The molecule has 118 valence electrons. The largest absolute Gasteiger partial charge is 0.493 e. The van der Waals surface area contributed by atoms with E-state index in [4.69, 9.17) is 9.47 Å². The molecule has 3 aromatic rings. The number of carbonyl (C=O) groups is 1. The molecule has 0 bridgehead atoms. The quantitative estimate of drug-likeness (QED) is 0.770. The van der Waals surface area contributed by atoms with Crippen molar-refractivity contribution < 1.29 is 14.3 Å². The number of hydrogen-bond acceptors (Lipinski definition) is 5. The minimum atomic E-state index is -0.231. The van der Waals surface area contributed by atoms with Crippen LogP contribution in [0.5, 0.6) is 11.5 Å². The lowest BCUT2D eigenvalue weighted by molar-refractivity contribution is 0.102. The molecule has 0 saturated carbocycles. The number of para-hydroxylation sites is 1. The number of rotatable bonds is 5. The molecule has 0 fully saturated rings. The van der Waals surface area contributed by atoms with Crippen LogP contribution in [0.4, 0.5) is 5.13 Å². The summed E-state index contributed by atoms with van der Waals surface area (Å²) in [4.78, 5) is 16.8. The molecule has 23 heavy (non-hydrogen) atoms. The van der Waals surface area contributed by atoms with Crippen molar-refractivity contribution >= 4 is 32.6 Å². The number of aromatic nitrogens is 1. The molecule has 0 radical (unpaired) electrons. The van der Waals surface area contributed by atoms with Crippen LogP contribution in [0.3, 0.4) is 0 Å². The van der Waals surface area contributed by atoms with E-state index in [1.807, 2.05) is 31.2 Å². The normalized spacial score (nSPS) is 10.5. The second-order valence-corrected chi connectivity index (χ2v) is 5.77. The summed E-state index contributed by atoms with van der Waals surface area (Å²) in [6.07, 6.45) is 0. The summed E-state index contributed by atoms with van der Waals surface area (Å²) < 4.78 is 11.8. The maximum Gasteiger partial charge on any atom is 0.257 e. The van der Waals surface area contributed by atoms with Crippen LogP contribution in [0.15, 0.2) is 42.5 Å². The number of hydrogen-bond donors (Lipinski definition) is 1. The first-order valence-electron chi connectivity index (χ1n) is 7.19. The Balaban J connectivity index is 1.82. The number of carbonyl (C=O) groups excluding carboxylic acids is 1. The molecule has 3 rings (SSSR count). The van der Waals surface area contributed by atoms with E-state index >= 15 is 0 Å². The number of thiazole rings is 1. The Morgan fingerprint density at radius 1 is 1.22 bits per heavy atom. The molecule has 0 spiro atoms. The zero-order valence-corrected chi connectivity index (χ0v) is 13.6. The first-order chi connectivity index (χ1) is 11.2. The van der Waals surface area contributed by atoms with E-state index in [0.717, 1.165) is 10.2 Å². The minimum Gasteiger partial charge on any atom is -0.493 e. The molecule has 6 heteroatoms. The van der Waals surface area contributed by atoms with E-state index < -0.39 is 0 Å². The second-order valence-electron chi connectivity index (χ2n) is 4.74. The molecule has 1 aromatic heterocycles. The van der Waals surface area contributed by atoms with Crippen LogP contribution in [-0.2, 0) is 0 Å². The number of amides is 1. The van der Waals surface area contributed by atoms with Gasteiger partial charge in [-0.1, -0.05) is 23.5 Å². The molecule has 0 saturated heterocycles. The number of nitrogens with one attached hydrogen (secondary N) is 1. The van der Waals surface area contributed by atoms with Gasteiger partial charge in [0, 0.05) is 5.56 Å². The van der Waals surface area contributed by atoms with E-state index in [2.05, 4.69) is 10.3 Å². The Bertz CT molecular complexity index is 812. The maximum absolute atomic E-state index is 12.4. The van der Waals surface area contributed by atoms with Crippen molar-refractivity contribution in [3.63, 3.8) is 0 Å². The summed E-state index contributed by atoms with van der Waals surface area (Å²) in [5.41, 5.74) is 1.36. The van der Waals surface area contributed by atoms with Crippen molar-refractivity contribution in [2.24, 2.45) is 0 Å². The minimum absolute atomic E-state index is 0.231. The molecule has 1 N–H and O–H groups in total. The van der Waals surface area contributed by atoms with Gasteiger partial charge in [0.05, 0.1) is 23.9 Å². The van der Waals surface area contributed by atoms with E-state index in [0.29, 0.717) is 28.8 Å². The highest BCUT2D eigenvalue weighted by Crippen LogP contribution is 2.29. The topological polar surface area (TPSA) is 60.5 Å². The first-order valence-corrected chi connectivity index (χ1v) is 8.00. The molecule has 2 aromatic carbocycles. The van der Waals surface area contributed by atoms with Crippen molar-refractivity contribution in [1.29, 1.82) is 0 Å². The molecule has 0 aliphatic heterocycles. The van der Waals surface area contributed by atoms with Crippen molar-refractivity contribution in [3.8, 4) is 11.5 Å². The summed E-state index contributed by atoms with van der Waals surface area (Å²) in [6, 6.07) is 12.9. The van der Waals surface area contributed by atoms with Gasteiger partial charge in [-0.3, -0.25) is 10.1 Å². The fourth-order valence-electron chi connectivity index (χ4n) is 2.18. The third-order valence-electron chi connectivity index (χ3n) is 3.24. The second kappa shape index (κ2) is 6.66. The molecule has 5 nitrogen and oxygen atoms in total. The average molecular weight is 328 g/mol. The lowest BCUT2D eigenvalue weighted by Crippen LogP contribution is -2.12. The fraction of sp³-hybridized carbons (Fsp3) is 0.176. The molecular formula is C17H16N2O3S. The number of fused-ring (bicyclic) bond motifs is 1. The smallest absolute Gasteiger partial charge is 0.257 e. The number of anilines is 1. The molecule has 1 amide bonds. The van der Waals surface area contributed by atoms with E-state index in [1.165, 1.54) is 11.3 Å². The maximum atomic E-state index is 12.4. The van der Waals surface area contributed by atoms with Gasteiger partial charge in [0.25, 0.3) is 5.91 Å². The predicted molar refractivity (Wildman–Crippen MR) is 91.7 cm³/mol. The van der Waals surface area contributed by atoms with E-state index in [-0.39, 0.29) is 5.91 Å². The molecule has 1 heterocycles. The van der Waals surface area contributed by atoms with Crippen LogP contribution >= 0.6 is 11.3 Å². The van der Waals surface area contributed by atoms with Crippen molar-refractivity contribution in [2.75, 3.05) is 19.0 Å². The summed E-state index contributed by atoms with van der Waals surface area (Å²) in [5.74, 6) is 0.917. The van der Waals surface area contributed by atoms with Crippen LogP contribution in [0.25, 0.3) is 10.2 Å². The number of methoxy groups -OCH3 is 1. The lowest BCUT2D eigenvalue weighted by atomic mass is 10.2. The van der Waals surface area contributed by atoms with Gasteiger partial charge in [-0.05, 0) is 37.3 Å². The number of ether oxygens (including phenoxy) is 2. The third-order valence-corrected chi connectivity index (χ3v) is 4.19. The SMILES string of the molecule is CCOc1ccc(C(=O)Nc2nc3ccccc3s2)cc1OC. The molecule has 0 unspecified atom stereocenters. The first kappa shape index (κ1) is 15.3. The molecular weight excluding hydrogens is 312 g/mol.